The molecule has 0 spiro atoms. The lowest BCUT2D eigenvalue weighted by Crippen LogP contribution is -2.19. The standard InChI is InChI=1S/C13H16FN3S/c14-10-1-2-11-12(7-10)17-13(16-11)15-8-9-3-5-18-6-4-9/h1-2,7,9H,3-6,8H2,(H2,15,16,17). The number of nitrogens with zero attached hydrogens (tertiary/aromatic N) is 1. The van der Waals surface area contributed by atoms with Crippen LogP contribution < -0.4 is 5.32 Å². The molecule has 3 rings (SSSR count). The Morgan fingerprint density at radius 2 is 2.22 bits per heavy atom. The lowest BCUT2D eigenvalue weighted by Gasteiger charge is -2.21. The van der Waals surface area contributed by atoms with E-state index in [1.54, 1.807) is 6.07 Å². The summed E-state index contributed by atoms with van der Waals surface area (Å²) in [5.41, 5.74) is 1.55. The number of thioether (sulfide) groups is 1. The van der Waals surface area contributed by atoms with Crippen molar-refractivity contribution in [3.8, 4) is 0 Å². The molecule has 0 atom stereocenters. The first-order chi connectivity index (χ1) is 8.81. The lowest BCUT2D eigenvalue weighted by atomic mass is 10.0. The predicted molar refractivity (Wildman–Crippen MR) is 74.6 cm³/mol. The van der Waals surface area contributed by atoms with Gasteiger partial charge in [0.25, 0.3) is 0 Å². The summed E-state index contributed by atoms with van der Waals surface area (Å²) in [7, 11) is 0. The average molecular weight is 265 g/mol. The zero-order valence-corrected chi connectivity index (χ0v) is 10.9. The number of nitrogens with one attached hydrogen (secondary N) is 2. The minimum absolute atomic E-state index is 0.234. The maximum Gasteiger partial charge on any atom is 0.201 e. The van der Waals surface area contributed by atoms with E-state index in [1.165, 1.54) is 36.5 Å². The van der Waals surface area contributed by atoms with Crippen molar-refractivity contribution in [2.45, 2.75) is 12.8 Å². The molecule has 0 amide bonds. The maximum absolute atomic E-state index is 13.1. The van der Waals surface area contributed by atoms with Crippen molar-refractivity contribution in [3.63, 3.8) is 0 Å². The van der Waals surface area contributed by atoms with Gasteiger partial charge in [-0.2, -0.15) is 11.8 Å². The first-order valence-electron chi connectivity index (χ1n) is 6.28. The van der Waals surface area contributed by atoms with Gasteiger partial charge in [-0.3, -0.25) is 0 Å². The topological polar surface area (TPSA) is 40.7 Å². The monoisotopic (exact) mass is 265 g/mol. The van der Waals surface area contributed by atoms with Crippen LogP contribution >= 0.6 is 11.8 Å². The number of imidazole rings is 1. The minimum atomic E-state index is -0.234. The van der Waals surface area contributed by atoms with Gasteiger partial charge >= 0.3 is 0 Å². The third-order valence-corrected chi connectivity index (χ3v) is 4.39. The highest BCUT2D eigenvalue weighted by atomic mass is 32.2. The number of anilines is 1. The minimum Gasteiger partial charge on any atom is -0.356 e. The molecule has 1 saturated heterocycles. The SMILES string of the molecule is Fc1ccc2nc(NCC3CCSCC3)[nH]c2c1. The highest BCUT2D eigenvalue weighted by Crippen LogP contribution is 2.23. The van der Waals surface area contributed by atoms with Crippen molar-refractivity contribution in [1.82, 2.24) is 9.97 Å². The van der Waals surface area contributed by atoms with Crippen molar-refractivity contribution in [3.05, 3.63) is 24.0 Å². The first-order valence-corrected chi connectivity index (χ1v) is 7.43. The Hall–Kier alpha value is -1.23. The second-order valence-electron chi connectivity index (χ2n) is 4.68. The van der Waals surface area contributed by atoms with Gasteiger partial charge < -0.3 is 10.3 Å². The molecule has 2 N–H and O–H groups in total. The fourth-order valence-electron chi connectivity index (χ4n) is 2.26. The van der Waals surface area contributed by atoms with Crippen LogP contribution in [0.3, 0.4) is 0 Å². The van der Waals surface area contributed by atoms with Gasteiger partial charge in [0, 0.05) is 6.54 Å². The molecule has 1 aliphatic heterocycles. The van der Waals surface area contributed by atoms with Crippen molar-refractivity contribution in [2.75, 3.05) is 23.4 Å². The van der Waals surface area contributed by atoms with Gasteiger partial charge in [0.05, 0.1) is 11.0 Å². The molecule has 3 nitrogen and oxygen atoms in total. The Morgan fingerprint density at radius 1 is 1.39 bits per heavy atom. The molecule has 96 valence electrons. The molecule has 0 radical (unpaired) electrons. The summed E-state index contributed by atoms with van der Waals surface area (Å²) in [5, 5.41) is 3.32. The average Bonchev–Trinajstić information content (AvgIpc) is 2.79. The van der Waals surface area contributed by atoms with Crippen LogP contribution in [0.4, 0.5) is 10.3 Å². The molecule has 1 aromatic carbocycles. The van der Waals surface area contributed by atoms with Crippen LogP contribution in [0.15, 0.2) is 18.2 Å². The number of benzene rings is 1. The molecule has 18 heavy (non-hydrogen) atoms. The number of halogens is 1. The molecule has 0 bridgehead atoms. The third kappa shape index (κ3) is 2.61. The molecule has 1 aliphatic rings. The summed E-state index contributed by atoms with van der Waals surface area (Å²) in [5.74, 6) is 3.77. The zero-order valence-electron chi connectivity index (χ0n) is 10.1. The fourth-order valence-corrected chi connectivity index (χ4v) is 3.46. The van der Waals surface area contributed by atoms with Crippen molar-refractivity contribution in [1.29, 1.82) is 0 Å². The predicted octanol–water partition coefficient (Wildman–Crippen LogP) is 3.26. The maximum atomic E-state index is 13.1. The second-order valence-corrected chi connectivity index (χ2v) is 5.91. The number of hydrogen-bond acceptors (Lipinski definition) is 3. The Morgan fingerprint density at radius 3 is 3.06 bits per heavy atom. The molecule has 5 heteroatoms. The van der Waals surface area contributed by atoms with Crippen LogP contribution in [0.2, 0.25) is 0 Å². The Balaban J connectivity index is 1.67. The van der Waals surface area contributed by atoms with Crippen molar-refractivity contribution >= 4 is 28.7 Å². The number of aromatic nitrogens is 2. The molecular formula is C13H16FN3S. The van der Waals surface area contributed by atoms with E-state index in [0.29, 0.717) is 0 Å². The molecule has 2 heterocycles. The van der Waals surface area contributed by atoms with Crippen molar-refractivity contribution < 1.29 is 4.39 Å². The van der Waals surface area contributed by atoms with Crippen LogP contribution in [0, 0.1) is 11.7 Å². The van der Waals surface area contributed by atoms with Gasteiger partial charge in [-0.25, -0.2) is 9.37 Å². The highest BCUT2D eigenvalue weighted by molar-refractivity contribution is 7.99. The molecule has 1 aromatic heterocycles. The normalized spacial score (nSPS) is 17.2. The van der Waals surface area contributed by atoms with E-state index in [1.807, 2.05) is 11.8 Å². The van der Waals surface area contributed by atoms with E-state index in [2.05, 4.69) is 15.3 Å². The van der Waals surface area contributed by atoms with Gasteiger partial charge in [0.1, 0.15) is 5.82 Å². The van der Waals surface area contributed by atoms with E-state index in [4.69, 9.17) is 0 Å². The number of aromatic amines is 1. The van der Waals surface area contributed by atoms with Crippen LogP contribution in [-0.4, -0.2) is 28.0 Å². The van der Waals surface area contributed by atoms with Crippen LogP contribution in [0.25, 0.3) is 11.0 Å². The molecule has 0 unspecified atom stereocenters. The first kappa shape index (κ1) is 11.8. The van der Waals surface area contributed by atoms with E-state index in [0.717, 1.165) is 29.4 Å². The molecule has 0 aliphatic carbocycles. The van der Waals surface area contributed by atoms with Gasteiger partial charge in [0.15, 0.2) is 0 Å². The fraction of sp³-hybridized carbons (Fsp3) is 0.462. The van der Waals surface area contributed by atoms with Crippen LogP contribution in [0.5, 0.6) is 0 Å². The summed E-state index contributed by atoms with van der Waals surface area (Å²) in [6.45, 7) is 0.947. The Kier molecular flexibility index (Phi) is 3.41. The Bertz CT molecular complexity index is 534. The number of hydrogen-bond donors (Lipinski definition) is 2. The van der Waals surface area contributed by atoms with E-state index >= 15 is 0 Å². The largest absolute Gasteiger partial charge is 0.356 e. The van der Waals surface area contributed by atoms with E-state index in [9.17, 15) is 4.39 Å². The van der Waals surface area contributed by atoms with Crippen LogP contribution in [0.1, 0.15) is 12.8 Å². The quantitative estimate of drug-likeness (QED) is 0.895. The molecule has 2 aromatic rings. The number of fused-ring (bicyclic) bond motifs is 1. The van der Waals surface area contributed by atoms with E-state index in [-0.39, 0.29) is 5.82 Å². The summed E-state index contributed by atoms with van der Waals surface area (Å²) in [6, 6.07) is 4.61. The summed E-state index contributed by atoms with van der Waals surface area (Å²) in [6.07, 6.45) is 2.54. The molecule has 0 saturated carbocycles. The summed E-state index contributed by atoms with van der Waals surface area (Å²) < 4.78 is 13.1. The second kappa shape index (κ2) is 5.18. The number of rotatable bonds is 3. The molecular weight excluding hydrogens is 249 g/mol. The van der Waals surface area contributed by atoms with Gasteiger partial charge in [0.2, 0.25) is 5.95 Å². The molecule has 1 fully saturated rings. The van der Waals surface area contributed by atoms with Gasteiger partial charge in [-0.15, -0.1) is 0 Å². The third-order valence-electron chi connectivity index (χ3n) is 3.34. The lowest BCUT2D eigenvalue weighted by molar-refractivity contribution is 0.515. The van der Waals surface area contributed by atoms with Crippen LogP contribution in [-0.2, 0) is 0 Å². The van der Waals surface area contributed by atoms with Gasteiger partial charge in [-0.1, -0.05) is 0 Å². The number of H-pyrrole nitrogens is 1. The van der Waals surface area contributed by atoms with Crippen molar-refractivity contribution in [2.24, 2.45) is 5.92 Å². The summed E-state index contributed by atoms with van der Waals surface area (Å²) in [4.78, 5) is 7.51. The summed E-state index contributed by atoms with van der Waals surface area (Å²) >= 11 is 2.03. The Labute approximate surface area is 110 Å². The highest BCUT2D eigenvalue weighted by Gasteiger charge is 2.14. The van der Waals surface area contributed by atoms with E-state index < -0.39 is 0 Å². The smallest absolute Gasteiger partial charge is 0.201 e. The van der Waals surface area contributed by atoms with Gasteiger partial charge in [-0.05, 0) is 48.5 Å². The zero-order chi connectivity index (χ0) is 12.4.